The number of nitrogens with one attached hydrogen (secondary N) is 1. The molecule has 2 aliphatic rings. The Bertz CT molecular complexity index is 868. The fourth-order valence-corrected chi connectivity index (χ4v) is 4.66. The fraction of sp³-hybridized carbons (Fsp3) is 0.368. The maximum Gasteiger partial charge on any atom is 0.269 e. The summed E-state index contributed by atoms with van der Waals surface area (Å²) >= 11 is 1.52. The van der Waals surface area contributed by atoms with Gasteiger partial charge in [0.05, 0.1) is 5.56 Å². The molecule has 4 rings (SSSR count). The predicted octanol–water partition coefficient (Wildman–Crippen LogP) is 3.52. The van der Waals surface area contributed by atoms with Crippen LogP contribution in [0.1, 0.15) is 29.3 Å². The van der Waals surface area contributed by atoms with Crippen molar-refractivity contribution in [2.75, 3.05) is 11.9 Å². The van der Waals surface area contributed by atoms with Crippen LogP contribution in [0, 0.1) is 17.2 Å². The molecule has 2 heterocycles. The van der Waals surface area contributed by atoms with E-state index in [0.29, 0.717) is 28.0 Å². The van der Waals surface area contributed by atoms with Gasteiger partial charge >= 0.3 is 0 Å². The number of anilines is 1. The molecule has 6 heteroatoms. The molecule has 0 fully saturated rings. The van der Waals surface area contributed by atoms with Crippen molar-refractivity contribution in [3.8, 4) is 17.6 Å². The average Bonchev–Trinajstić information content (AvgIpc) is 2.97. The molecule has 1 aliphatic carbocycles. The van der Waals surface area contributed by atoms with Crippen molar-refractivity contribution in [1.82, 2.24) is 0 Å². The smallest absolute Gasteiger partial charge is 0.269 e. The van der Waals surface area contributed by atoms with Gasteiger partial charge in [0.15, 0.2) is 11.5 Å². The minimum atomic E-state index is -0.723. The van der Waals surface area contributed by atoms with Gasteiger partial charge in [-0.1, -0.05) is 19.1 Å². The molecule has 0 unspecified atom stereocenters. The first-order valence-electron chi connectivity index (χ1n) is 8.39. The van der Waals surface area contributed by atoms with Crippen LogP contribution in [0.5, 0.6) is 11.5 Å². The molecule has 1 aromatic heterocycles. The van der Waals surface area contributed by atoms with Crippen molar-refractivity contribution >= 4 is 22.2 Å². The lowest BCUT2D eigenvalue weighted by Crippen LogP contribution is -2.40. The number of amides is 1. The predicted molar refractivity (Wildman–Crippen MR) is 95.2 cm³/mol. The normalized spacial score (nSPS) is 21.1. The second-order valence-corrected chi connectivity index (χ2v) is 7.63. The lowest BCUT2D eigenvalue weighted by atomic mass is 9.88. The Balaban J connectivity index is 1.53. The number of carbonyl (C=O) groups is 1. The number of nitriles is 1. The van der Waals surface area contributed by atoms with Gasteiger partial charge in [0.25, 0.3) is 5.91 Å². The first-order valence-corrected chi connectivity index (χ1v) is 9.21. The molecule has 0 spiro atoms. The number of thiophene rings is 1. The third kappa shape index (κ3) is 2.96. The molecule has 2 atom stereocenters. The molecule has 128 valence electrons. The Hall–Kier alpha value is -2.52. The second kappa shape index (κ2) is 6.41. The van der Waals surface area contributed by atoms with Gasteiger partial charge in [-0.25, -0.2) is 0 Å². The number of nitrogens with zero attached hydrogens (tertiary/aromatic N) is 1. The van der Waals surface area contributed by atoms with Crippen LogP contribution in [0.3, 0.4) is 0 Å². The molecule has 0 saturated carbocycles. The SMILES string of the molecule is C[C@H]1CCc2c(sc(NC(=O)[C@@H]3COc4ccccc4O3)c2C#N)C1. The van der Waals surface area contributed by atoms with E-state index in [1.807, 2.05) is 18.2 Å². The molecule has 0 radical (unpaired) electrons. The van der Waals surface area contributed by atoms with E-state index < -0.39 is 6.10 Å². The van der Waals surface area contributed by atoms with Gasteiger partial charge in [0.2, 0.25) is 6.10 Å². The molecule has 5 nitrogen and oxygen atoms in total. The number of carbonyl (C=O) groups excluding carboxylic acids is 1. The molecular formula is C19H18N2O3S. The van der Waals surface area contributed by atoms with E-state index in [4.69, 9.17) is 9.47 Å². The molecule has 0 saturated heterocycles. The first kappa shape index (κ1) is 16.0. The number of rotatable bonds is 2. The lowest BCUT2D eigenvalue weighted by molar-refractivity contribution is -0.125. The summed E-state index contributed by atoms with van der Waals surface area (Å²) in [7, 11) is 0. The van der Waals surface area contributed by atoms with E-state index >= 15 is 0 Å². The van der Waals surface area contributed by atoms with Crippen molar-refractivity contribution in [2.45, 2.75) is 32.3 Å². The van der Waals surface area contributed by atoms with Crippen LogP contribution in [0.25, 0.3) is 0 Å². The standard InChI is InChI=1S/C19H18N2O3S/c1-11-6-7-12-13(9-20)19(25-17(12)8-11)21-18(22)16-10-23-14-4-2-3-5-15(14)24-16/h2-5,11,16H,6-8,10H2,1H3,(H,21,22)/t11-,16-/m0/s1. The van der Waals surface area contributed by atoms with Crippen LogP contribution in [-0.4, -0.2) is 18.6 Å². The monoisotopic (exact) mass is 354 g/mol. The van der Waals surface area contributed by atoms with E-state index in [9.17, 15) is 10.1 Å². The van der Waals surface area contributed by atoms with Gasteiger partial charge in [-0.2, -0.15) is 5.26 Å². The number of ether oxygens (including phenoxy) is 2. The topological polar surface area (TPSA) is 71.3 Å². The highest BCUT2D eigenvalue weighted by Crippen LogP contribution is 2.39. The van der Waals surface area contributed by atoms with Crippen LogP contribution >= 0.6 is 11.3 Å². The van der Waals surface area contributed by atoms with Gasteiger partial charge in [-0.15, -0.1) is 11.3 Å². The quantitative estimate of drug-likeness (QED) is 0.896. The summed E-state index contributed by atoms with van der Waals surface area (Å²) in [6.45, 7) is 2.38. The molecule has 2 aromatic rings. The lowest BCUT2D eigenvalue weighted by Gasteiger charge is -2.25. The Morgan fingerprint density at radius 1 is 1.36 bits per heavy atom. The third-order valence-corrected chi connectivity index (χ3v) is 5.83. The zero-order chi connectivity index (χ0) is 17.4. The minimum Gasteiger partial charge on any atom is -0.485 e. The number of fused-ring (bicyclic) bond motifs is 2. The molecule has 0 bridgehead atoms. The molecule has 1 N–H and O–H groups in total. The zero-order valence-corrected chi connectivity index (χ0v) is 14.7. The highest BCUT2D eigenvalue weighted by atomic mass is 32.1. The van der Waals surface area contributed by atoms with E-state index in [1.54, 1.807) is 6.07 Å². The van der Waals surface area contributed by atoms with Crippen LogP contribution in [0.2, 0.25) is 0 Å². The Kier molecular flexibility index (Phi) is 4.10. The number of benzene rings is 1. The number of hydrogen-bond acceptors (Lipinski definition) is 5. The van der Waals surface area contributed by atoms with Crippen LogP contribution in [-0.2, 0) is 17.6 Å². The van der Waals surface area contributed by atoms with Crippen molar-refractivity contribution in [3.63, 3.8) is 0 Å². The van der Waals surface area contributed by atoms with Crippen LogP contribution < -0.4 is 14.8 Å². The Morgan fingerprint density at radius 2 is 2.16 bits per heavy atom. The number of hydrogen-bond donors (Lipinski definition) is 1. The van der Waals surface area contributed by atoms with Crippen LogP contribution in [0.4, 0.5) is 5.00 Å². The number of para-hydroxylation sites is 2. The van der Waals surface area contributed by atoms with Gasteiger partial charge in [0.1, 0.15) is 17.7 Å². The largest absolute Gasteiger partial charge is 0.485 e. The highest BCUT2D eigenvalue weighted by Gasteiger charge is 2.30. The summed E-state index contributed by atoms with van der Waals surface area (Å²) in [5.74, 6) is 1.55. The Morgan fingerprint density at radius 3 is 2.96 bits per heavy atom. The summed E-state index contributed by atoms with van der Waals surface area (Å²) in [6, 6.07) is 9.55. The van der Waals surface area contributed by atoms with Crippen molar-refractivity contribution in [2.24, 2.45) is 5.92 Å². The molecule has 1 amide bonds. The molecule has 1 aromatic carbocycles. The second-order valence-electron chi connectivity index (χ2n) is 6.52. The fourth-order valence-electron chi connectivity index (χ4n) is 3.30. The van der Waals surface area contributed by atoms with Gasteiger partial charge < -0.3 is 14.8 Å². The van der Waals surface area contributed by atoms with Gasteiger partial charge in [-0.3, -0.25) is 4.79 Å². The van der Waals surface area contributed by atoms with Crippen molar-refractivity contribution < 1.29 is 14.3 Å². The Labute approximate surface area is 150 Å². The van der Waals surface area contributed by atoms with Gasteiger partial charge in [-0.05, 0) is 42.9 Å². The van der Waals surface area contributed by atoms with E-state index in [0.717, 1.165) is 24.8 Å². The van der Waals surface area contributed by atoms with Crippen molar-refractivity contribution in [1.29, 1.82) is 5.26 Å². The maximum absolute atomic E-state index is 12.6. The minimum absolute atomic E-state index is 0.160. The first-order chi connectivity index (χ1) is 12.2. The molecule has 1 aliphatic heterocycles. The summed E-state index contributed by atoms with van der Waals surface area (Å²) in [4.78, 5) is 13.8. The van der Waals surface area contributed by atoms with Crippen molar-refractivity contribution in [3.05, 3.63) is 40.3 Å². The van der Waals surface area contributed by atoms with E-state index in [2.05, 4.69) is 18.3 Å². The zero-order valence-electron chi connectivity index (χ0n) is 13.9. The summed E-state index contributed by atoms with van der Waals surface area (Å²) < 4.78 is 11.3. The summed E-state index contributed by atoms with van der Waals surface area (Å²) in [5, 5.41) is 13.1. The van der Waals surface area contributed by atoms with Gasteiger partial charge in [0, 0.05) is 4.88 Å². The maximum atomic E-state index is 12.6. The average molecular weight is 354 g/mol. The van der Waals surface area contributed by atoms with E-state index in [1.165, 1.54) is 16.2 Å². The van der Waals surface area contributed by atoms with Crippen LogP contribution in [0.15, 0.2) is 24.3 Å². The molecular weight excluding hydrogens is 336 g/mol. The van der Waals surface area contributed by atoms with E-state index in [-0.39, 0.29) is 12.5 Å². The third-order valence-electron chi connectivity index (χ3n) is 4.66. The molecule has 25 heavy (non-hydrogen) atoms. The highest BCUT2D eigenvalue weighted by molar-refractivity contribution is 7.16. The summed E-state index contributed by atoms with van der Waals surface area (Å²) in [6.07, 6.45) is 2.24. The summed E-state index contributed by atoms with van der Waals surface area (Å²) in [5.41, 5.74) is 1.71.